The molecule has 14 heavy (non-hydrogen) atoms. The quantitative estimate of drug-likeness (QED) is 0.404. The number of carbonyl (C=O) groups excluding carboxylic acids is 1. The van der Waals surface area contributed by atoms with E-state index >= 15 is 0 Å². The van der Waals surface area contributed by atoms with Gasteiger partial charge in [-0.1, -0.05) is 18.9 Å². The summed E-state index contributed by atoms with van der Waals surface area (Å²) in [5, 5.41) is 16.8. The van der Waals surface area contributed by atoms with Gasteiger partial charge in [0.25, 0.3) is 0 Å². The maximum Gasteiger partial charge on any atom is 0.337 e. The van der Waals surface area contributed by atoms with Crippen LogP contribution in [0.1, 0.15) is 32.6 Å². The number of rotatable bonds is 3. The van der Waals surface area contributed by atoms with E-state index in [2.05, 4.69) is 4.74 Å². The highest BCUT2D eigenvalue weighted by Gasteiger charge is 2.16. The predicted molar refractivity (Wildman–Crippen MR) is 50.0 cm³/mol. The number of carbonyl (C=O) groups is 1. The Balaban J connectivity index is 2.45. The van der Waals surface area contributed by atoms with E-state index < -0.39 is 12.4 Å². The van der Waals surface area contributed by atoms with Gasteiger partial charge in [0.1, 0.15) is 0 Å². The van der Waals surface area contributed by atoms with Gasteiger partial charge in [-0.3, -0.25) is 0 Å². The van der Waals surface area contributed by atoms with Crippen LogP contribution in [0.5, 0.6) is 0 Å². The van der Waals surface area contributed by atoms with E-state index in [4.69, 9.17) is 10.2 Å². The molecule has 0 spiro atoms. The van der Waals surface area contributed by atoms with Gasteiger partial charge in [0.2, 0.25) is 0 Å². The Kier molecular flexibility index (Phi) is 4.10. The van der Waals surface area contributed by atoms with Gasteiger partial charge in [0.05, 0.1) is 0 Å². The fourth-order valence-corrected chi connectivity index (χ4v) is 1.73. The van der Waals surface area contributed by atoms with Crippen molar-refractivity contribution in [2.24, 2.45) is 5.92 Å². The molecule has 4 heteroatoms. The van der Waals surface area contributed by atoms with E-state index in [0.717, 1.165) is 12.8 Å². The zero-order valence-electron chi connectivity index (χ0n) is 8.27. The smallest absolute Gasteiger partial charge is 0.337 e. The molecule has 2 N–H and O–H groups in total. The lowest BCUT2D eigenvalue weighted by atomic mass is 10.1. The normalized spacial score (nSPS) is 19.0. The first-order valence-corrected chi connectivity index (χ1v) is 4.85. The highest BCUT2D eigenvalue weighted by atomic mass is 16.7. The van der Waals surface area contributed by atoms with Crippen molar-refractivity contribution in [1.82, 2.24) is 0 Å². The van der Waals surface area contributed by atoms with Gasteiger partial charge >= 0.3 is 12.4 Å². The molecular formula is C10H16O4. The average molecular weight is 200 g/mol. The van der Waals surface area contributed by atoms with E-state index in [0.29, 0.717) is 11.5 Å². The van der Waals surface area contributed by atoms with Crippen LogP contribution in [0.3, 0.4) is 0 Å². The number of esters is 1. The van der Waals surface area contributed by atoms with Crippen molar-refractivity contribution in [3.05, 3.63) is 11.6 Å². The zero-order chi connectivity index (χ0) is 10.6. The summed E-state index contributed by atoms with van der Waals surface area (Å²) < 4.78 is 4.23. The topological polar surface area (TPSA) is 66.8 Å². The lowest BCUT2D eigenvalue weighted by Gasteiger charge is -2.07. The lowest BCUT2D eigenvalue weighted by Crippen LogP contribution is -2.17. The number of aliphatic hydroxyl groups excluding tert-OH is 1. The van der Waals surface area contributed by atoms with Crippen LogP contribution in [0.15, 0.2) is 11.6 Å². The number of allylic oxidation sites excluding steroid dienone is 1. The van der Waals surface area contributed by atoms with Crippen molar-refractivity contribution in [3.63, 3.8) is 0 Å². The highest BCUT2D eigenvalue weighted by Crippen LogP contribution is 2.26. The Hall–Kier alpha value is -0.870. The molecule has 1 fully saturated rings. The number of ether oxygens (including phenoxy) is 1. The van der Waals surface area contributed by atoms with Crippen LogP contribution < -0.4 is 0 Å². The lowest BCUT2D eigenvalue weighted by molar-refractivity contribution is -0.226. The third-order valence-corrected chi connectivity index (χ3v) is 2.42. The van der Waals surface area contributed by atoms with E-state index in [1.165, 1.54) is 12.8 Å². The second-order valence-electron chi connectivity index (χ2n) is 3.63. The molecule has 0 aliphatic heterocycles. The average Bonchev–Trinajstić information content (AvgIpc) is 2.55. The molecule has 0 unspecified atom stereocenters. The molecule has 4 nitrogen and oxygen atoms in total. The minimum absolute atomic E-state index is 0.443. The maximum atomic E-state index is 11.1. The summed E-state index contributed by atoms with van der Waals surface area (Å²) in [7, 11) is 0. The van der Waals surface area contributed by atoms with Crippen LogP contribution in [0.2, 0.25) is 0 Å². The molecule has 0 aromatic rings. The molecule has 0 aromatic carbocycles. The summed E-state index contributed by atoms with van der Waals surface area (Å²) in [6.45, 7) is -0.391. The third-order valence-electron chi connectivity index (χ3n) is 2.42. The molecule has 1 saturated carbocycles. The summed E-state index contributed by atoms with van der Waals surface area (Å²) in [6, 6.07) is 0. The summed E-state index contributed by atoms with van der Waals surface area (Å²) in [4.78, 5) is 11.1. The van der Waals surface area contributed by atoms with Crippen LogP contribution in [0.4, 0.5) is 0 Å². The molecule has 0 aromatic heterocycles. The predicted octanol–water partition coefficient (Wildman–Crippen LogP) is 0.934. The van der Waals surface area contributed by atoms with Gasteiger partial charge in [0, 0.05) is 5.57 Å². The Labute approximate surface area is 83.2 Å². The molecule has 1 aliphatic carbocycles. The summed E-state index contributed by atoms with van der Waals surface area (Å²) >= 11 is 0. The Bertz CT molecular complexity index is 226. The fourth-order valence-electron chi connectivity index (χ4n) is 1.73. The first-order chi connectivity index (χ1) is 6.59. The molecule has 80 valence electrons. The van der Waals surface area contributed by atoms with E-state index in [-0.39, 0.29) is 0 Å². The molecule has 0 radical (unpaired) electrons. The van der Waals surface area contributed by atoms with Crippen LogP contribution in [-0.2, 0) is 9.53 Å². The van der Waals surface area contributed by atoms with Crippen molar-refractivity contribution < 1.29 is 19.7 Å². The summed E-state index contributed by atoms with van der Waals surface area (Å²) in [5.74, 6) is -0.217. The Morgan fingerprint density at radius 1 is 1.43 bits per heavy atom. The van der Waals surface area contributed by atoms with E-state index in [9.17, 15) is 4.79 Å². The minimum Gasteiger partial charge on any atom is -0.407 e. The maximum absolute atomic E-state index is 11.1. The monoisotopic (exact) mass is 200 g/mol. The Morgan fingerprint density at radius 3 is 2.50 bits per heavy atom. The van der Waals surface area contributed by atoms with Gasteiger partial charge < -0.3 is 14.9 Å². The van der Waals surface area contributed by atoms with E-state index in [1.807, 2.05) is 6.08 Å². The standard InChI is InChI=1S/C10H16O4/c1-7(9(11)14-10(12)13)6-8-4-2-3-5-8/h6,8,10,12-13H,2-5H2,1H3. The number of hydrogen-bond acceptors (Lipinski definition) is 4. The number of hydrogen-bond donors (Lipinski definition) is 2. The van der Waals surface area contributed by atoms with E-state index in [1.54, 1.807) is 6.92 Å². The minimum atomic E-state index is -2.02. The number of aliphatic hydroxyl groups is 2. The molecule has 1 aliphatic rings. The van der Waals surface area contributed by atoms with Crippen molar-refractivity contribution in [3.8, 4) is 0 Å². The SMILES string of the molecule is CC(=CC1CCCC1)C(=O)OC(O)O. The van der Waals surface area contributed by atoms with Crippen molar-refractivity contribution in [2.45, 2.75) is 39.1 Å². The van der Waals surface area contributed by atoms with Gasteiger partial charge in [-0.2, -0.15) is 0 Å². The van der Waals surface area contributed by atoms with Crippen molar-refractivity contribution in [1.29, 1.82) is 0 Å². The van der Waals surface area contributed by atoms with Gasteiger partial charge in [-0.15, -0.1) is 0 Å². The fraction of sp³-hybridized carbons (Fsp3) is 0.700. The first-order valence-electron chi connectivity index (χ1n) is 4.85. The Morgan fingerprint density at radius 2 is 2.00 bits per heavy atom. The van der Waals surface area contributed by atoms with Crippen molar-refractivity contribution >= 4 is 5.97 Å². The first kappa shape index (κ1) is 11.2. The second-order valence-corrected chi connectivity index (χ2v) is 3.63. The van der Waals surface area contributed by atoms with Gasteiger partial charge in [0.15, 0.2) is 0 Å². The van der Waals surface area contributed by atoms with Gasteiger partial charge in [-0.05, 0) is 25.7 Å². The van der Waals surface area contributed by atoms with Crippen LogP contribution >= 0.6 is 0 Å². The second kappa shape index (κ2) is 5.12. The molecule has 1 rings (SSSR count). The molecule has 0 heterocycles. The van der Waals surface area contributed by atoms with Crippen LogP contribution in [0.25, 0.3) is 0 Å². The largest absolute Gasteiger partial charge is 0.407 e. The highest BCUT2D eigenvalue weighted by molar-refractivity contribution is 5.87. The molecule has 0 bridgehead atoms. The van der Waals surface area contributed by atoms with Gasteiger partial charge in [-0.25, -0.2) is 4.79 Å². The molecule has 0 atom stereocenters. The van der Waals surface area contributed by atoms with Crippen LogP contribution in [0, 0.1) is 5.92 Å². The third kappa shape index (κ3) is 3.47. The zero-order valence-corrected chi connectivity index (χ0v) is 8.27. The summed E-state index contributed by atoms with van der Waals surface area (Å²) in [6.07, 6.45) is 6.47. The summed E-state index contributed by atoms with van der Waals surface area (Å²) in [5.41, 5.74) is 0.449. The van der Waals surface area contributed by atoms with Crippen molar-refractivity contribution in [2.75, 3.05) is 0 Å². The molecule has 0 saturated heterocycles. The molecule has 0 amide bonds. The van der Waals surface area contributed by atoms with Crippen LogP contribution in [-0.4, -0.2) is 22.7 Å². The molecular weight excluding hydrogens is 184 g/mol.